The second-order valence-electron chi connectivity index (χ2n) is 4.74. The van der Waals surface area contributed by atoms with E-state index < -0.39 is 6.10 Å². The highest BCUT2D eigenvalue weighted by atomic mass is 16.5. The molecule has 3 nitrogen and oxygen atoms in total. The molecular weight excluding hydrogens is 214 g/mol. The van der Waals surface area contributed by atoms with Crippen LogP contribution >= 0.6 is 0 Å². The summed E-state index contributed by atoms with van der Waals surface area (Å²) < 4.78 is 5.33. The van der Waals surface area contributed by atoms with Gasteiger partial charge in [0.2, 0.25) is 0 Å². The Hall–Kier alpha value is -0.900. The van der Waals surface area contributed by atoms with E-state index in [9.17, 15) is 5.11 Å². The minimum Gasteiger partial charge on any atom is -0.387 e. The van der Waals surface area contributed by atoms with Crippen molar-refractivity contribution >= 4 is 0 Å². The zero-order valence-electron chi connectivity index (χ0n) is 10.6. The lowest BCUT2D eigenvalue weighted by molar-refractivity contribution is -0.0166. The van der Waals surface area contributed by atoms with Crippen LogP contribution < -0.4 is 0 Å². The fraction of sp³-hybridized carbons (Fsp3) is 0.571. The SMILES string of the molecule is Cc1ccc([C@H](O)[C@H](C)N2CCOCC2)cc1. The van der Waals surface area contributed by atoms with Gasteiger partial charge in [-0.1, -0.05) is 29.8 Å². The van der Waals surface area contributed by atoms with Crippen LogP contribution in [-0.2, 0) is 4.74 Å². The second kappa shape index (κ2) is 5.63. The first kappa shape index (κ1) is 12.6. The van der Waals surface area contributed by atoms with Crippen molar-refractivity contribution in [3.05, 3.63) is 35.4 Å². The molecule has 2 rings (SSSR count). The maximum atomic E-state index is 10.3. The van der Waals surface area contributed by atoms with Gasteiger partial charge >= 0.3 is 0 Å². The molecule has 17 heavy (non-hydrogen) atoms. The number of aliphatic hydroxyl groups is 1. The quantitative estimate of drug-likeness (QED) is 0.866. The zero-order chi connectivity index (χ0) is 12.3. The summed E-state index contributed by atoms with van der Waals surface area (Å²) in [5.41, 5.74) is 2.22. The van der Waals surface area contributed by atoms with Crippen molar-refractivity contribution in [2.24, 2.45) is 0 Å². The molecule has 0 spiro atoms. The summed E-state index contributed by atoms with van der Waals surface area (Å²) >= 11 is 0. The van der Waals surface area contributed by atoms with E-state index in [2.05, 4.69) is 18.7 Å². The lowest BCUT2D eigenvalue weighted by Crippen LogP contribution is -2.44. The van der Waals surface area contributed by atoms with Crippen LogP contribution in [0, 0.1) is 6.92 Å². The minimum atomic E-state index is -0.423. The predicted octanol–water partition coefficient (Wildman–Crippen LogP) is 1.75. The zero-order valence-corrected chi connectivity index (χ0v) is 10.6. The highest BCUT2D eigenvalue weighted by Gasteiger charge is 2.24. The molecule has 0 aliphatic carbocycles. The summed E-state index contributed by atoms with van der Waals surface area (Å²) in [5.74, 6) is 0. The van der Waals surface area contributed by atoms with Crippen LogP contribution in [0.4, 0.5) is 0 Å². The second-order valence-corrected chi connectivity index (χ2v) is 4.74. The molecule has 94 valence electrons. The standard InChI is InChI=1S/C14H21NO2/c1-11-3-5-13(6-4-11)14(16)12(2)15-7-9-17-10-8-15/h3-6,12,14,16H,7-10H2,1-2H3/t12-,14+/m0/s1. The van der Waals surface area contributed by atoms with E-state index in [4.69, 9.17) is 4.74 Å². The van der Waals surface area contributed by atoms with E-state index in [0.717, 1.165) is 31.9 Å². The van der Waals surface area contributed by atoms with Crippen molar-refractivity contribution in [2.45, 2.75) is 26.0 Å². The van der Waals surface area contributed by atoms with Gasteiger partial charge in [-0.05, 0) is 19.4 Å². The topological polar surface area (TPSA) is 32.7 Å². The number of rotatable bonds is 3. The van der Waals surface area contributed by atoms with Gasteiger partial charge in [0.1, 0.15) is 0 Å². The van der Waals surface area contributed by atoms with Crippen LogP contribution in [0.1, 0.15) is 24.2 Å². The molecule has 1 saturated heterocycles. The summed E-state index contributed by atoms with van der Waals surface area (Å²) in [5, 5.41) is 10.3. The molecule has 0 radical (unpaired) electrons. The molecule has 1 aromatic carbocycles. The Bertz CT molecular complexity index is 344. The molecule has 2 atom stereocenters. The molecular formula is C14H21NO2. The van der Waals surface area contributed by atoms with Gasteiger partial charge < -0.3 is 9.84 Å². The lowest BCUT2D eigenvalue weighted by atomic mass is 10.0. The Morgan fingerprint density at radius 1 is 1.18 bits per heavy atom. The Labute approximate surface area is 103 Å². The molecule has 0 bridgehead atoms. The Balaban J connectivity index is 2.02. The Morgan fingerprint density at radius 3 is 2.35 bits per heavy atom. The number of ether oxygens (including phenoxy) is 1. The van der Waals surface area contributed by atoms with E-state index in [1.807, 2.05) is 24.3 Å². The van der Waals surface area contributed by atoms with Crippen molar-refractivity contribution in [1.82, 2.24) is 4.90 Å². The highest BCUT2D eigenvalue weighted by molar-refractivity contribution is 5.24. The van der Waals surface area contributed by atoms with Crippen molar-refractivity contribution in [3.63, 3.8) is 0 Å². The third kappa shape index (κ3) is 3.06. The Morgan fingerprint density at radius 2 is 1.76 bits per heavy atom. The van der Waals surface area contributed by atoms with Crippen LogP contribution in [0.25, 0.3) is 0 Å². The van der Waals surface area contributed by atoms with Gasteiger partial charge in [0.05, 0.1) is 19.3 Å². The molecule has 3 heteroatoms. The Kier molecular flexibility index (Phi) is 4.15. The molecule has 1 aliphatic rings. The van der Waals surface area contributed by atoms with Crippen molar-refractivity contribution in [2.75, 3.05) is 26.3 Å². The number of benzene rings is 1. The first-order valence-corrected chi connectivity index (χ1v) is 6.25. The lowest BCUT2D eigenvalue weighted by Gasteiger charge is -2.35. The first-order chi connectivity index (χ1) is 8.18. The fourth-order valence-electron chi connectivity index (χ4n) is 2.23. The van der Waals surface area contributed by atoms with Gasteiger partial charge in [0, 0.05) is 19.1 Å². The number of morpholine rings is 1. The fourth-order valence-corrected chi connectivity index (χ4v) is 2.23. The number of aliphatic hydroxyl groups excluding tert-OH is 1. The highest BCUT2D eigenvalue weighted by Crippen LogP contribution is 2.21. The van der Waals surface area contributed by atoms with E-state index in [0.29, 0.717) is 0 Å². The third-order valence-corrected chi connectivity index (χ3v) is 3.50. The average Bonchev–Trinajstić information content (AvgIpc) is 2.39. The van der Waals surface area contributed by atoms with Crippen LogP contribution in [0.15, 0.2) is 24.3 Å². The van der Waals surface area contributed by atoms with E-state index in [1.165, 1.54) is 5.56 Å². The van der Waals surface area contributed by atoms with Gasteiger partial charge in [-0.2, -0.15) is 0 Å². The van der Waals surface area contributed by atoms with Gasteiger partial charge in [0.15, 0.2) is 0 Å². The third-order valence-electron chi connectivity index (χ3n) is 3.50. The molecule has 1 N–H and O–H groups in total. The molecule has 0 unspecified atom stereocenters. The molecule has 1 aromatic rings. The molecule has 1 heterocycles. The van der Waals surface area contributed by atoms with Crippen LogP contribution in [-0.4, -0.2) is 42.4 Å². The summed E-state index contributed by atoms with van der Waals surface area (Å²) in [7, 11) is 0. The predicted molar refractivity (Wildman–Crippen MR) is 68.0 cm³/mol. The smallest absolute Gasteiger partial charge is 0.0942 e. The molecule has 1 aliphatic heterocycles. The molecule has 0 saturated carbocycles. The maximum absolute atomic E-state index is 10.3. The normalized spacial score (nSPS) is 21.1. The summed E-state index contributed by atoms with van der Waals surface area (Å²) in [6.45, 7) is 7.49. The van der Waals surface area contributed by atoms with Crippen molar-refractivity contribution in [3.8, 4) is 0 Å². The van der Waals surface area contributed by atoms with Crippen LogP contribution in [0.3, 0.4) is 0 Å². The number of aryl methyl sites for hydroxylation is 1. The van der Waals surface area contributed by atoms with Gasteiger partial charge in [0.25, 0.3) is 0 Å². The van der Waals surface area contributed by atoms with Gasteiger partial charge in [-0.15, -0.1) is 0 Å². The average molecular weight is 235 g/mol. The molecule has 1 fully saturated rings. The van der Waals surface area contributed by atoms with E-state index in [-0.39, 0.29) is 6.04 Å². The van der Waals surface area contributed by atoms with Gasteiger partial charge in [-0.3, -0.25) is 4.90 Å². The van der Waals surface area contributed by atoms with Crippen molar-refractivity contribution < 1.29 is 9.84 Å². The summed E-state index contributed by atoms with van der Waals surface area (Å²) in [6, 6.07) is 8.25. The monoisotopic (exact) mass is 235 g/mol. The summed E-state index contributed by atoms with van der Waals surface area (Å²) in [6.07, 6.45) is -0.423. The maximum Gasteiger partial charge on any atom is 0.0942 e. The number of nitrogens with zero attached hydrogens (tertiary/aromatic N) is 1. The van der Waals surface area contributed by atoms with Crippen LogP contribution in [0.2, 0.25) is 0 Å². The largest absolute Gasteiger partial charge is 0.387 e. The number of hydrogen-bond acceptors (Lipinski definition) is 3. The molecule has 0 aromatic heterocycles. The summed E-state index contributed by atoms with van der Waals surface area (Å²) in [4.78, 5) is 2.29. The molecule has 0 amide bonds. The van der Waals surface area contributed by atoms with Crippen LogP contribution in [0.5, 0.6) is 0 Å². The van der Waals surface area contributed by atoms with E-state index in [1.54, 1.807) is 0 Å². The minimum absolute atomic E-state index is 0.140. The van der Waals surface area contributed by atoms with E-state index >= 15 is 0 Å². The van der Waals surface area contributed by atoms with Crippen molar-refractivity contribution in [1.29, 1.82) is 0 Å². The number of hydrogen-bond donors (Lipinski definition) is 1. The first-order valence-electron chi connectivity index (χ1n) is 6.25. The van der Waals surface area contributed by atoms with Gasteiger partial charge in [-0.25, -0.2) is 0 Å².